The molecule has 3 aliphatic rings. The summed E-state index contributed by atoms with van der Waals surface area (Å²) in [5, 5.41) is 0. The number of imide groups is 1. The van der Waals surface area contributed by atoms with Gasteiger partial charge in [-0.25, -0.2) is 9.69 Å². The number of rotatable bonds is 4. The molecular weight excluding hydrogens is 414 g/mol. The van der Waals surface area contributed by atoms with Gasteiger partial charge < -0.3 is 4.74 Å². The van der Waals surface area contributed by atoms with Crippen molar-refractivity contribution in [3.8, 4) is 16.9 Å². The predicted molar refractivity (Wildman–Crippen MR) is 123 cm³/mol. The maximum Gasteiger partial charge on any atom is 0.343 e. The van der Waals surface area contributed by atoms with E-state index in [1.54, 1.807) is 30.3 Å². The van der Waals surface area contributed by atoms with Gasteiger partial charge in [0.2, 0.25) is 11.8 Å². The molecule has 2 amide bonds. The molecule has 1 saturated carbocycles. The van der Waals surface area contributed by atoms with Crippen molar-refractivity contribution in [3.05, 3.63) is 96.6 Å². The Morgan fingerprint density at radius 2 is 1.45 bits per heavy atom. The number of carbonyl (C=O) groups is 3. The summed E-state index contributed by atoms with van der Waals surface area (Å²) in [7, 11) is 0. The zero-order valence-electron chi connectivity index (χ0n) is 17.8. The number of para-hydroxylation sites is 1. The number of ether oxygens (including phenoxy) is 1. The van der Waals surface area contributed by atoms with E-state index in [4.69, 9.17) is 4.74 Å². The second-order valence-corrected chi connectivity index (χ2v) is 8.81. The molecule has 0 spiro atoms. The van der Waals surface area contributed by atoms with Crippen molar-refractivity contribution in [1.29, 1.82) is 0 Å². The van der Waals surface area contributed by atoms with E-state index < -0.39 is 5.97 Å². The van der Waals surface area contributed by atoms with Gasteiger partial charge in [0.25, 0.3) is 0 Å². The molecule has 1 aliphatic heterocycles. The predicted octanol–water partition coefficient (Wildman–Crippen LogP) is 4.88. The Hall–Kier alpha value is -3.99. The van der Waals surface area contributed by atoms with E-state index in [1.807, 2.05) is 48.5 Å². The summed E-state index contributed by atoms with van der Waals surface area (Å²) >= 11 is 0. The van der Waals surface area contributed by atoms with E-state index in [0.717, 1.165) is 17.5 Å². The van der Waals surface area contributed by atoms with Crippen LogP contribution in [0.15, 0.2) is 91.0 Å². The van der Waals surface area contributed by atoms with Gasteiger partial charge >= 0.3 is 5.97 Å². The summed E-state index contributed by atoms with van der Waals surface area (Å²) < 4.78 is 5.74. The Morgan fingerprint density at radius 1 is 0.788 bits per heavy atom. The summed E-state index contributed by atoms with van der Waals surface area (Å²) in [4.78, 5) is 40.5. The minimum atomic E-state index is -0.541. The SMILES string of the molecule is O=C(Oc1ccccc1-c1ccccc1)c1cccc(N2C(=O)C3C4C=CC(C4)C3C2=O)c1. The van der Waals surface area contributed by atoms with Gasteiger partial charge in [0.05, 0.1) is 23.1 Å². The molecule has 33 heavy (non-hydrogen) atoms. The number of amides is 2. The highest BCUT2D eigenvalue weighted by Crippen LogP contribution is 2.53. The van der Waals surface area contributed by atoms with E-state index in [9.17, 15) is 14.4 Å². The van der Waals surface area contributed by atoms with Crippen molar-refractivity contribution in [2.75, 3.05) is 4.90 Å². The number of benzene rings is 3. The molecule has 5 nitrogen and oxygen atoms in total. The number of esters is 1. The zero-order valence-corrected chi connectivity index (χ0v) is 17.8. The third-order valence-electron chi connectivity index (χ3n) is 6.98. The molecule has 0 radical (unpaired) electrons. The van der Waals surface area contributed by atoms with Gasteiger partial charge in [-0.05, 0) is 48.1 Å². The number of anilines is 1. The number of nitrogens with zero attached hydrogens (tertiary/aromatic N) is 1. The topological polar surface area (TPSA) is 63.7 Å². The molecule has 2 aliphatic carbocycles. The van der Waals surface area contributed by atoms with Crippen LogP contribution in [0.1, 0.15) is 16.8 Å². The number of hydrogen-bond acceptors (Lipinski definition) is 4. The van der Waals surface area contributed by atoms with E-state index in [0.29, 0.717) is 11.4 Å². The maximum atomic E-state index is 13.1. The molecule has 0 aromatic heterocycles. The van der Waals surface area contributed by atoms with Gasteiger partial charge in [0.15, 0.2) is 0 Å². The fourth-order valence-electron chi connectivity index (χ4n) is 5.50. The third-order valence-corrected chi connectivity index (χ3v) is 6.98. The summed E-state index contributed by atoms with van der Waals surface area (Å²) in [5.74, 6) is -0.690. The lowest BCUT2D eigenvalue weighted by atomic mass is 9.85. The molecule has 2 bridgehead atoms. The molecule has 4 unspecified atom stereocenters. The monoisotopic (exact) mass is 435 g/mol. The van der Waals surface area contributed by atoms with Crippen molar-refractivity contribution in [3.63, 3.8) is 0 Å². The first-order valence-electron chi connectivity index (χ1n) is 11.1. The quantitative estimate of drug-likeness (QED) is 0.254. The molecule has 2 fully saturated rings. The van der Waals surface area contributed by atoms with Crippen molar-refractivity contribution < 1.29 is 19.1 Å². The van der Waals surface area contributed by atoms with Crippen LogP contribution in [-0.4, -0.2) is 17.8 Å². The summed E-state index contributed by atoms with van der Waals surface area (Å²) in [6.45, 7) is 0. The lowest BCUT2D eigenvalue weighted by Crippen LogP contribution is -2.33. The van der Waals surface area contributed by atoms with Gasteiger partial charge in [-0.3, -0.25) is 9.59 Å². The minimum absolute atomic E-state index is 0.143. The lowest BCUT2D eigenvalue weighted by Gasteiger charge is -2.18. The van der Waals surface area contributed by atoms with Crippen molar-refractivity contribution in [2.45, 2.75) is 6.42 Å². The van der Waals surface area contributed by atoms with E-state index in [2.05, 4.69) is 12.2 Å². The highest BCUT2D eigenvalue weighted by molar-refractivity contribution is 6.23. The highest BCUT2D eigenvalue weighted by atomic mass is 16.5. The number of allylic oxidation sites excluding steroid dienone is 2. The van der Waals surface area contributed by atoms with Gasteiger partial charge in [-0.1, -0.05) is 66.7 Å². The minimum Gasteiger partial charge on any atom is -0.422 e. The Balaban J connectivity index is 1.27. The van der Waals surface area contributed by atoms with Gasteiger partial charge in [-0.15, -0.1) is 0 Å². The third kappa shape index (κ3) is 3.11. The summed E-state index contributed by atoms with van der Waals surface area (Å²) in [6, 6.07) is 23.6. The van der Waals surface area contributed by atoms with E-state index >= 15 is 0 Å². The Kier molecular flexibility index (Phi) is 4.50. The number of hydrogen-bond donors (Lipinski definition) is 0. The molecule has 3 aromatic carbocycles. The number of fused-ring (bicyclic) bond motifs is 5. The first-order chi connectivity index (χ1) is 16.1. The summed E-state index contributed by atoms with van der Waals surface area (Å²) in [6.07, 6.45) is 5.02. The number of carbonyl (C=O) groups excluding carboxylic acids is 3. The fraction of sp³-hybridized carbons (Fsp3) is 0.179. The average molecular weight is 435 g/mol. The van der Waals surface area contributed by atoms with Crippen LogP contribution in [0.4, 0.5) is 5.69 Å². The molecule has 1 saturated heterocycles. The van der Waals surface area contributed by atoms with Crippen LogP contribution in [0.2, 0.25) is 0 Å². The van der Waals surface area contributed by atoms with Crippen LogP contribution < -0.4 is 9.64 Å². The summed E-state index contributed by atoms with van der Waals surface area (Å²) in [5.41, 5.74) is 2.46. The fourth-order valence-corrected chi connectivity index (χ4v) is 5.50. The van der Waals surface area contributed by atoms with Gasteiger partial charge in [0.1, 0.15) is 5.75 Å². The van der Waals surface area contributed by atoms with E-state index in [-0.39, 0.29) is 41.0 Å². The second-order valence-electron chi connectivity index (χ2n) is 8.81. The standard InChI is InChI=1S/C28H21NO4/c30-26-24-18-13-14-19(15-18)25(24)27(31)29(26)21-10-6-9-20(16-21)28(32)33-23-12-5-4-11-22(23)17-7-2-1-3-8-17/h1-14,16,18-19,24-25H,15H2. The van der Waals surface area contributed by atoms with Gasteiger partial charge in [-0.2, -0.15) is 0 Å². The van der Waals surface area contributed by atoms with Crippen LogP contribution in [-0.2, 0) is 9.59 Å². The molecule has 3 aromatic rings. The molecule has 5 heteroatoms. The average Bonchev–Trinajstić information content (AvgIpc) is 3.53. The zero-order chi connectivity index (χ0) is 22.5. The molecule has 0 N–H and O–H groups in total. The van der Waals surface area contributed by atoms with Crippen molar-refractivity contribution in [2.24, 2.45) is 23.7 Å². The molecule has 1 heterocycles. The van der Waals surface area contributed by atoms with Crippen LogP contribution in [0, 0.1) is 23.7 Å². The molecule has 6 rings (SSSR count). The second kappa shape index (κ2) is 7.55. The lowest BCUT2D eigenvalue weighted by molar-refractivity contribution is -0.123. The Morgan fingerprint density at radius 3 is 2.18 bits per heavy atom. The first-order valence-corrected chi connectivity index (χ1v) is 11.1. The van der Waals surface area contributed by atoms with Crippen LogP contribution in [0.5, 0.6) is 5.75 Å². The normalized spacial score (nSPS) is 24.9. The van der Waals surface area contributed by atoms with Crippen molar-refractivity contribution >= 4 is 23.5 Å². The van der Waals surface area contributed by atoms with E-state index in [1.165, 1.54) is 4.90 Å². The smallest absolute Gasteiger partial charge is 0.343 e. The first kappa shape index (κ1) is 19.7. The molecular formula is C28H21NO4. The highest BCUT2D eigenvalue weighted by Gasteiger charge is 2.59. The van der Waals surface area contributed by atoms with Crippen LogP contribution >= 0.6 is 0 Å². The van der Waals surface area contributed by atoms with Gasteiger partial charge in [0, 0.05) is 5.56 Å². The Labute approximate surface area is 191 Å². The van der Waals surface area contributed by atoms with Crippen LogP contribution in [0.3, 0.4) is 0 Å². The maximum absolute atomic E-state index is 13.1. The van der Waals surface area contributed by atoms with Crippen molar-refractivity contribution in [1.82, 2.24) is 0 Å². The Bertz CT molecular complexity index is 1280. The largest absolute Gasteiger partial charge is 0.422 e. The molecule has 4 atom stereocenters. The molecule has 162 valence electrons. The van der Waals surface area contributed by atoms with Crippen LogP contribution in [0.25, 0.3) is 11.1 Å².